The summed E-state index contributed by atoms with van der Waals surface area (Å²) in [5.74, 6) is -0.345. The van der Waals surface area contributed by atoms with E-state index in [0.717, 1.165) is 0 Å². The van der Waals surface area contributed by atoms with E-state index < -0.39 is 0 Å². The number of hydrogen-bond donors (Lipinski definition) is 2. The number of anilines is 2. The van der Waals surface area contributed by atoms with E-state index in [1.54, 1.807) is 35.2 Å². The van der Waals surface area contributed by atoms with Crippen LogP contribution in [0.4, 0.5) is 11.7 Å². The largest absolute Gasteiger partial charge is 0.459 e. The Morgan fingerprint density at radius 3 is 2.80 bits per heavy atom. The first kappa shape index (κ1) is 16.6. The highest BCUT2D eigenvalue weighted by Gasteiger charge is 2.11. The highest BCUT2D eigenvalue weighted by Crippen LogP contribution is 2.23. The molecule has 8 nitrogen and oxygen atoms in total. The molecule has 0 aliphatic rings. The molecule has 0 atom stereocenters. The lowest BCUT2D eigenvalue weighted by molar-refractivity contribution is -0.116. The minimum atomic E-state index is -0.349. The van der Waals surface area contributed by atoms with E-state index in [4.69, 9.17) is 8.83 Å². The summed E-state index contributed by atoms with van der Waals surface area (Å²) < 4.78 is 10.5. The first-order chi connectivity index (χ1) is 12.0. The Morgan fingerprint density at radius 1 is 1.24 bits per heavy atom. The Morgan fingerprint density at radius 2 is 2.08 bits per heavy atom. The molecule has 0 radical (unpaired) electrons. The van der Waals surface area contributed by atoms with Crippen molar-refractivity contribution in [3.8, 4) is 0 Å². The van der Waals surface area contributed by atoms with E-state index in [2.05, 4.69) is 15.6 Å². The van der Waals surface area contributed by atoms with E-state index in [9.17, 15) is 9.59 Å². The minimum absolute atomic E-state index is 0.145. The summed E-state index contributed by atoms with van der Waals surface area (Å²) in [5.41, 5.74) is 1.92. The zero-order chi connectivity index (χ0) is 17.8. The summed E-state index contributed by atoms with van der Waals surface area (Å²) >= 11 is 0. The zero-order valence-electron chi connectivity index (χ0n) is 13.9. The number of furan rings is 1. The molecular weight excluding hydrogens is 324 g/mol. The van der Waals surface area contributed by atoms with Gasteiger partial charge < -0.3 is 24.4 Å². The third-order valence-corrected chi connectivity index (χ3v) is 3.43. The van der Waals surface area contributed by atoms with Gasteiger partial charge in [-0.25, -0.2) is 0 Å². The van der Waals surface area contributed by atoms with Gasteiger partial charge in [0.25, 0.3) is 11.9 Å². The predicted octanol–water partition coefficient (Wildman–Crippen LogP) is 2.25. The average molecular weight is 342 g/mol. The fraction of sp³-hybridized carbons (Fsp3) is 0.235. The second-order valence-electron chi connectivity index (χ2n) is 5.60. The summed E-state index contributed by atoms with van der Waals surface area (Å²) in [7, 11) is 3.68. The Hall–Kier alpha value is -3.29. The Labute approximate surface area is 143 Å². The van der Waals surface area contributed by atoms with Gasteiger partial charge in [-0.1, -0.05) is 0 Å². The van der Waals surface area contributed by atoms with Crippen molar-refractivity contribution in [1.29, 1.82) is 0 Å². The fourth-order valence-corrected chi connectivity index (χ4v) is 2.19. The van der Waals surface area contributed by atoms with E-state index >= 15 is 0 Å². The second kappa shape index (κ2) is 7.08. The molecule has 2 amide bonds. The van der Waals surface area contributed by atoms with Crippen LogP contribution in [0.1, 0.15) is 17.0 Å². The van der Waals surface area contributed by atoms with Crippen LogP contribution in [0.25, 0.3) is 11.1 Å². The van der Waals surface area contributed by atoms with Gasteiger partial charge in [-0.2, -0.15) is 4.98 Å². The van der Waals surface area contributed by atoms with Crippen molar-refractivity contribution < 1.29 is 18.4 Å². The van der Waals surface area contributed by atoms with Crippen LogP contribution < -0.4 is 15.5 Å². The van der Waals surface area contributed by atoms with E-state index in [1.807, 2.05) is 14.1 Å². The summed E-state index contributed by atoms with van der Waals surface area (Å²) in [6.45, 7) is 0.211. The topological polar surface area (TPSA) is 101 Å². The molecule has 25 heavy (non-hydrogen) atoms. The fourth-order valence-electron chi connectivity index (χ4n) is 2.19. The molecule has 8 heteroatoms. The SMILES string of the molecule is CN(C)c1nc2cc(NC(=O)CCNC(=O)c3ccco3)ccc2o1. The standard InChI is InChI=1S/C17H18N4O4/c1-21(2)17-20-12-10-11(5-6-13(12)25-17)19-15(22)7-8-18-16(23)14-4-3-9-24-14/h3-6,9-10H,7-8H2,1-2H3,(H,18,23)(H,19,22). The van der Waals surface area contributed by atoms with Gasteiger partial charge >= 0.3 is 0 Å². The molecule has 2 heterocycles. The van der Waals surface area contributed by atoms with Crippen molar-refractivity contribution >= 4 is 34.6 Å². The summed E-state index contributed by atoms with van der Waals surface area (Å²) in [6, 6.07) is 8.92. The van der Waals surface area contributed by atoms with Crippen molar-refractivity contribution in [2.24, 2.45) is 0 Å². The van der Waals surface area contributed by atoms with Crippen LogP contribution in [0.15, 0.2) is 45.4 Å². The molecule has 0 fully saturated rings. The Kier molecular flexibility index (Phi) is 4.69. The third-order valence-electron chi connectivity index (χ3n) is 3.43. The maximum absolute atomic E-state index is 12.0. The van der Waals surface area contributed by atoms with Crippen molar-refractivity contribution in [3.05, 3.63) is 42.4 Å². The van der Waals surface area contributed by atoms with Gasteiger partial charge in [0.1, 0.15) is 5.52 Å². The minimum Gasteiger partial charge on any atom is -0.459 e. The first-order valence-corrected chi connectivity index (χ1v) is 7.72. The van der Waals surface area contributed by atoms with Gasteiger partial charge in [-0.05, 0) is 30.3 Å². The Bertz CT molecular complexity index is 883. The highest BCUT2D eigenvalue weighted by atomic mass is 16.4. The number of carbonyl (C=O) groups is 2. The molecule has 1 aromatic carbocycles. The van der Waals surface area contributed by atoms with Crippen molar-refractivity contribution in [2.75, 3.05) is 30.9 Å². The maximum Gasteiger partial charge on any atom is 0.297 e. The average Bonchev–Trinajstić information content (AvgIpc) is 3.24. The molecule has 130 valence electrons. The van der Waals surface area contributed by atoms with Gasteiger partial charge in [0.2, 0.25) is 5.91 Å². The van der Waals surface area contributed by atoms with Crippen LogP contribution in [0.5, 0.6) is 0 Å². The number of rotatable bonds is 6. The number of benzene rings is 1. The van der Waals surface area contributed by atoms with Gasteiger partial charge in [-0.15, -0.1) is 0 Å². The lowest BCUT2D eigenvalue weighted by Gasteiger charge is -2.05. The molecule has 0 saturated heterocycles. The van der Waals surface area contributed by atoms with Crippen LogP contribution in [0, 0.1) is 0 Å². The van der Waals surface area contributed by atoms with Crippen molar-refractivity contribution in [2.45, 2.75) is 6.42 Å². The number of nitrogens with zero attached hydrogens (tertiary/aromatic N) is 2. The summed E-state index contributed by atoms with van der Waals surface area (Å²) in [6.07, 6.45) is 1.57. The Balaban J connectivity index is 1.53. The molecule has 3 aromatic rings. The number of aromatic nitrogens is 1. The number of fused-ring (bicyclic) bond motifs is 1. The zero-order valence-corrected chi connectivity index (χ0v) is 13.9. The molecule has 0 spiro atoms. The third kappa shape index (κ3) is 3.97. The van der Waals surface area contributed by atoms with Crippen LogP contribution in [0.3, 0.4) is 0 Å². The number of amides is 2. The molecule has 0 saturated carbocycles. The lowest BCUT2D eigenvalue weighted by Crippen LogP contribution is -2.27. The van der Waals surface area contributed by atoms with E-state index in [0.29, 0.717) is 22.8 Å². The molecule has 0 bridgehead atoms. The molecule has 0 aliphatic heterocycles. The highest BCUT2D eigenvalue weighted by molar-refractivity contribution is 5.94. The number of oxazole rings is 1. The summed E-state index contributed by atoms with van der Waals surface area (Å²) in [4.78, 5) is 29.8. The van der Waals surface area contributed by atoms with Gasteiger partial charge in [0.15, 0.2) is 11.3 Å². The van der Waals surface area contributed by atoms with E-state index in [-0.39, 0.29) is 30.5 Å². The number of nitrogens with one attached hydrogen (secondary N) is 2. The van der Waals surface area contributed by atoms with Crippen LogP contribution in [-0.2, 0) is 4.79 Å². The van der Waals surface area contributed by atoms with Gasteiger partial charge in [0, 0.05) is 32.7 Å². The molecular formula is C17H18N4O4. The smallest absolute Gasteiger partial charge is 0.297 e. The predicted molar refractivity (Wildman–Crippen MR) is 92.6 cm³/mol. The molecule has 0 aliphatic carbocycles. The lowest BCUT2D eigenvalue weighted by atomic mass is 10.2. The number of carbonyl (C=O) groups excluding carboxylic acids is 2. The molecule has 0 unspecified atom stereocenters. The van der Waals surface area contributed by atoms with Gasteiger partial charge in [-0.3, -0.25) is 9.59 Å². The number of hydrogen-bond acceptors (Lipinski definition) is 6. The quantitative estimate of drug-likeness (QED) is 0.712. The monoisotopic (exact) mass is 342 g/mol. The summed E-state index contributed by atoms with van der Waals surface area (Å²) in [5, 5.41) is 5.39. The van der Waals surface area contributed by atoms with Crippen LogP contribution >= 0.6 is 0 Å². The molecule has 2 aromatic heterocycles. The van der Waals surface area contributed by atoms with Crippen LogP contribution in [0.2, 0.25) is 0 Å². The van der Waals surface area contributed by atoms with Crippen molar-refractivity contribution in [3.63, 3.8) is 0 Å². The second-order valence-corrected chi connectivity index (χ2v) is 5.60. The normalized spacial score (nSPS) is 10.6. The van der Waals surface area contributed by atoms with Crippen molar-refractivity contribution in [1.82, 2.24) is 10.3 Å². The first-order valence-electron chi connectivity index (χ1n) is 7.72. The van der Waals surface area contributed by atoms with Crippen LogP contribution in [-0.4, -0.2) is 37.4 Å². The van der Waals surface area contributed by atoms with E-state index in [1.165, 1.54) is 6.26 Å². The molecule has 2 N–H and O–H groups in total. The molecule has 3 rings (SSSR count). The van der Waals surface area contributed by atoms with Gasteiger partial charge in [0.05, 0.1) is 6.26 Å². The maximum atomic E-state index is 12.0.